The van der Waals surface area contributed by atoms with Gasteiger partial charge in [-0.1, -0.05) is 51.8 Å². The lowest BCUT2D eigenvalue weighted by Gasteiger charge is -2.47. The number of benzene rings is 1. The van der Waals surface area contributed by atoms with E-state index in [2.05, 4.69) is 39.0 Å². The van der Waals surface area contributed by atoms with Gasteiger partial charge in [-0.2, -0.15) is 0 Å². The van der Waals surface area contributed by atoms with E-state index in [1.807, 2.05) is 0 Å². The summed E-state index contributed by atoms with van der Waals surface area (Å²) in [6.07, 6.45) is 5.25. The number of fused-ring (bicyclic) bond motifs is 1. The highest BCUT2D eigenvalue weighted by molar-refractivity contribution is 5.47. The van der Waals surface area contributed by atoms with Crippen LogP contribution in [-0.2, 0) is 12.0 Å². The van der Waals surface area contributed by atoms with Crippen LogP contribution >= 0.6 is 0 Å². The Morgan fingerprint density at radius 2 is 2.05 bits per heavy atom. The molecule has 0 radical (unpaired) electrons. The quantitative estimate of drug-likeness (QED) is 0.837. The largest absolute Gasteiger partial charge is 0.493 e. The van der Waals surface area contributed by atoms with E-state index in [1.165, 1.54) is 12.0 Å². The molecule has 1 aliphatic carbocycles. The third-order valence-electron chi connectivity index (χ3n) is 5.10. The van der Waals surface area contributed by atoms with Crippen LogP contribution in [0.25, 0.3) is 0 Å². The lowest BCUT2D eigenvalue weighted by Crippen LogP contribution is -2.44. The average molecular weight is 274 g/mol. The minimum absolute atomic E-state index is 0.108. The first-order valence-corrected chi connectivity index (χ1v) is 7.90. The molecule has 1 aromatic carbocycles. The van der Waals surface area contributed by atoms with E-state index in [9.17, 15) is 5.11 Å². The number of ether oxygens (including phenoxy) is 1. The molecule has 1 saturated carbocycles. The monoisotopic (exact) mass is 274 g/mol. The molecular formula is C18H26O2. The van der Waals surface area contributed by atoms with E-state index in [0.717, 1.165) is 43.6 Å². The van der Waals surface area contributed by atoms with Crippen molar-refractivity contribution in [1.29, 1.82) is 0 Å². The summed E-state index contributed by atoms with van der Waals surface area (Å²) in [6, 6.07) is 6.29. The summed E-state index contributed by atoms with van der Waals surface area (Å²) in [6.45, 7) is 7.50. The van der Waals surface area contributed by atoms with Crippen molar-refractivity contribution in [1.82, 2.24) is 0 Å². The van der Waals surface area contributed by atoms with Crippen molar-refractivity contribution in [2.45, 2.75) is 58.5 Å². The Morgan fingerprint density at radius 3 is 2.80 bits per heavy atom. The molecule has 0 aromatic heterocycles. The number of hydrogen-bond acceptors (Lipinski definition) is 2. The van der Waals surface area contributed by atoms with Crippen LogP contribution in [0.4, 0.5) is 0 Å². The zero-order valence-electron chi connectivity index (χ0n) is 12.9. The molecule has 2 atom stereocenters. The number of rotatable bonds is 1. The highest BCUT2D eigenvalue weighted by Crippen LogP contribution is 2.52. The number of para-hydroxylation sites is 1. The molecule has 2 unspecified atom stereocenters. The average Bonchev–Trinajstić information content (AvgIpc) is 2.85. The molecule has 1 fully saturated rings. The van der Waals surface area contributed by atoms with Crippen LogP contribution in [0.1, 0.15) is 57.6 Å². The minimum atomic E-state index is -0.730. The van der Waals surface area contributed by atoms with E-state index in [-0.39, 0.29) is 5.41 Å². The van der Waals surface area contributed by atoms with Gasteiger partial charge in [0.15, 0.2) is 0 Å². The first-order chi connectivity index (χ1) is 9.43. The van der Waals surface area contributed by atoms with Gasteiger partial charge in [0.25, 0.3) is 0 Å². The third-order valence-corrected chi connectivity index (χ3v) is 5.10. The van der Waals surface area contributed by atoms with Gasteiger partial charge >= 0.3 is 0 Å². The van der Waals surface area contributed by atoms with Crippen LogP contribution < -0.4 is 4.74 Å². The number of aliphatic hydroxyl groups is 1. The highest BCUT2D eigenvalue weighted by atomic mass is 16.5. The Morgan fingerprint density at radius 1 is 1.25 bits per heavy atom. The fourth-order valence-electron chi connectivity index (χ4n) is 4.18. The Bertz CT molecular complexity index is 501. The van der Waals surface area contributed by atoms with Gasteiger partial charge in [-0.25, -0.2) is 0 Å². The molecule has 2 nitrogen and oxygen atoms in total. The van der Waals surface area contributed by atoms with E-state index in [4.69, 9.17) is 4.74 Å². The van der Waals surface area contributed by atoms with Gasteiger partial charge in [0.05, 0.1) is 12.2 Å². The molecule has 0 saturated heterocycles. The van der Waals surface area contributed by atoms with Crippen molar-refractivity contribution in [3.05, 3.63) is 29.3 Å². The van der Waals surface area contributed by atoms with Gasteiger partial charge in [0, 0.05) is 12.0 Å². The molecule has 1 aliphatic heterocycles. The minimum Gasteiger partial charge on any atom is -0.493 e. The topological polar surface area (TPSA) is 29.5 Å². The van der Waals surface area contributed by atoms with Crippen molar-refractivity contribution in [3.8, 4) is 5.75 Å². The fourth-order valence-corrected chi connectivity index (χ4v) is 4.18. The lowest BCUT2D eigenvalue weighted by atomic mass is 9.61. The summed E-state index contributed by atoms with van der Waals surface area (Å²) < 4.78 is 5.85. The Hall–Kier alpha value is -1.02. The molecule has 2 aliphatic rings. The van der Waals surface area contributed by atoms with Gasteiger partial charge in [-0.05, 0) is 29.7 Å². The van der Waals surface area contributed by atoms with Gasteiger partial charge < -0.3 is 9.84 Å². The molecule has 1 N–H and O–H groups in total. The van der Waals surface area contributed by atoms with Crippen molar-refractivity contribution in [2.75, 3.05) is 6.61 Å². The summed E-state index contributed by atoms with van der Waals surface area (Å²) in [7, 11) is 0. The smallest absolute Gasteiger partial charge is 0.128 e. The predicted octanol–water partition coefficient (Wildman–Crippen LogP) is 4.05. The van der Waals surface area contributed by atoms with E-state index in [0.29, 0.717) is 5.92 Å². The van der Waals surface area contributed by atoms with Gasteiger partial charge in [-0.15, -0.1) is 0 Å². The molecule has 0 spiro atoms. The third kappa shape index (κ3) is 2.14. The summed E-state index contributed by atoms with van der Waals surface area (Å²) in [5.41, 5.74) is 1.67. The van der Waals surface area contributed by atoms with Crippen molar-refractivity contribution in [3.63, 3.8) is 0 Å². The fraction of sp³-hybridized carbons (Fsp3) is 0.667. The maximum atomic E-state index is 11.5. The van der Waals surface area contributed by atoms with Gasteiger partial charge in [0.1, 0.15) is 5.75 Å². The van der Waals surface area contributed by atoms with Crippen LogP contribution in [0, 0.1) is 11.3 Å². The summed E-state index contributed by atoms with van der Waals surface area (Å²) in [5, 5.41) is 11.5. The molecule has 2 heteroatoms. The second-order valence-electron chi connectivity index (χ2n) is 7.48. The van der Waals surface area contributed by atoms with Crippen molar-refractivity contribution in [2.24, 2.45) is 11.3 Å². The van der Waals surface area contributed by atoms with Crippen LogP contribution in [0.2, 0.25) is 0 Å². The normalized spacial score (nSPS) is 29.9. The van der Waals surface area contributed by atoms with E-state index in [1.54, 1.807) is 0 Å². The van der Waals surface area contributed by atoms with E-state index >= 15 is 0 Å². The van der Waals surface area contributed by atoms with Crippen LogP contribution in [-0.4, -0.2) is 11.7 Å². The zero-order chi connectivity index (χ0) is 14.4. The van der Waals surface area contributed by atoms with Crippen LogP contribution in [0.3, 0.4) is 0 Å². The standard InChI is InChI=1S/C18H26O2/c1-17(2,3)15-9-4-5-11-18(15,19)14-8-6-7-13-10-12-20-16(13)14/h6-8,15,19H,4-5,9-12H2,1-3H3. The molecule has 110 valence electrons. The Balaban J connectivity index is 2.08. The summed E-state index contributed by atoms with van der Waals surface area (Å²) in [4.78, 5) is 0. The molecule has 0 amide bonds. The second-order valence-corrected chi connectivity index (χ2v) is 7.48. The SMILES string of the molecule is CC(C)(C)C1CCCCC1(O)c1cccc2c1OCC2. The first-order valence-electron chi connectivity index (χ1n) is 7.90. The van der Waals surface area contributed by atoms with E-state index < -0.39 is 5.60 Å². The van der Waals surface area contributed by atoms with Crippen molar-refractivity contribution >= 4 is 0 Å². The maximum Gasteiger partial charge on any atom is 0.128 e. The number of hydrogen-bond donors (Lipinski definition) is 1. The first kappa shape index (κ1) is 13.9. The maximum absolute atomic E-state index is 11.5. The predicted molar refractivity (Wildman–Crippen MR) is 81.0 cm³/mol. The Labute approximate surface area is 122 Å². The van der Waals surface area contributed by atoms with Crippen molar-refractivity contribution < 1.29 is 9.84 Å². The summed E-state index contributed by atoms with van der Waals surface area (Å²) in [5.74, 6) is 1.26. The van der Waals surface area contributed by atoms with Crippen LogP contribution in [0.5, 0.6) is 5.75 Å². The second kappa shape index (κ2) is 4.77. The Kier molecular flexibility index (Phi) is 3.32. The van der Waals surface area contributed by atoms with Crippen LogP contribution in [0.15, 0.2) is 18.2 Å². The zero-order valence-corrected chi connectivity index (χ0v) is 12.9. The molecule has 1 heterocycles. The van der Waals surface area contributed by atoms with Gasteiger partial charge in [-0.3, -0.25) is 0 Å². The highest BCUT2D eigenvalue weighted by Gasteiger charge is 2.47. The molecule has 1 aromatic rings. The van der Waals surface area contributed by atoms with Gasteiger partial charge in [0.2, 0.25) is 0 Å². The molecule has 3 rings (SSSR count). The molecule has 20 heavy (non-hydrogen) atoms. The lowest BCUT2D eigenvalue weighted by molar-refractivity contribution is -0.0970. The molecule has 0 bridgehead atoms. The molecular weight excluding hydrogens is 248 g/mol. The summed E-state index contributed by atoms with van der Waals surface area (Å²) >= 11 is 0.